The molecule has 1 N–H and O–H groups in total. The summed E-state index contributed by atoms with van der Waals surface area (Å²) in [6.45, 7) is 2.15. The number of hydrogen-bond acceptors (Lipinski definition) is 3. The molecule has 0 saturated carbocycles. The topological polar surface area (TPSA) is 60.9 Å². The summed E-state index contributed by atoms with van der Waals surface area (Å²) >= 11 is 0. The highest BCUT2D eigenvalue weighted by molar-refractivity contribution is 5.91. The standard InChI is InChI=1S/C29H30N2O3/c32-28(27(22-11-3-1-4-12-22)23-13-5-2-6-14-23)31-20-25(18-26(31)29(33)34)30-17-9-16-21-10-7-8-15-24(21)19-30/h1-8,10-15,25-27H,9,16-20H2,(H,33,34)/t25-,26-/m0/s1. The first-order chi connectivity index (χ1) is 16.6. The van der Waals surface area contributed by atoms with Gasteiger partial charge in [0.25, 0.3) is 0 Å². The molecule has 3 aromatic carbocycles. The molecular formula is C29H30N2O3. The molecule has 0 aliphatic carbocycles. The minimum atomic E-state index is -0.925. The fraction of sp³-hybridized carbons (Fsp3) is 0.310. The van der Waals surface area contributed by atoms with Crippen LogP contribution in [0.3, 0.4) is 0 Å². The largest absolute Gasteiger partial charge is 0.480 e. The Kier molecular flexibility index (Phi) is 6.45. The zero-order valence-corrected chi connectivity index (χ0v) is 19.2. The third kappa shape index (κ3) is 4.48. The molecule has 5 heteroatoms. The molecule has 2 atom stereocenters. The van der Waals surface area contributed by atoms with E-state index < -0.39 is 17.9 Å². The molecule has 5 nitrogen and oxygen atoms in total. The van der Waals surface area contributed by atoms with Crippen molar-refractivity contribution in [1.29, 1.82) is 0 Å². The van der Waals surface area contributed by atoms with E-state index in [2.05, 4.69) is 29.2 Å². The highest BCUT2D eigenvalue weighted by atomic mass is 16.4. The van der Waals surface area contributed by atoms with Crippen LogP contribution in [0.2, 0.25) is 0 Å². The van der Waals surface area contributed by atoms with Gasteiger partial charge in [-0.15, -0.1) is 0 Å². The lowest BCUT2D eigenvalue weighted by Gasteiger charge is -2.29. The molecule has 2 aliphatic rings. The molecule has 0 bridgehead atoms. The average Bonchev–Trinajstić information content (AvgIpc) is 3.21. The number of rotatable bonds is 5. The van der Waals surface area contributed by atoms with E-state index in [9.17, 15) is 14.7 Å². The molecule has 0 radical (unpaired) electrons. The molecule has 0 aromatic heterocycles. The van der Waals surface area contributed by atoms with Crippen molar-refractivity contribution in [3.63, 3.8) is 0 Å². The normalized spacial score (nSPS) is 20.7. The summed E-state index contributed by atoms with van der Waals surface area (Å²) in [5.41, 5.74) is 4.45. The van der Waals surface area contributed by atoms with Crippen molar-refractivity contribution in [2.75, 3.05) is 13.1 Å². The fourth-order valence-electron chi connectivity index (χ4n) is 5.53. The van der Waals surface area contributed by atoms with Gasteiger partial charge in [-0.25, -0.2) is 4.79 Å². The van der Waals surface area contributed by atoms with Gasteiger partial charge in [-0.1, -0.05) is 84.9 Å². The maximum atomic E-state index is 14.0. The monoisotopic (exact) mass is 454 g/mol. The Morgan fingerprint density at radius 2 is 1.41 bits per heavy atom. The number of nitrogens with zero attached hydrogens (tertiary/aromatic N) is 2. The van der Waals surface area contributed by atoms with Gasteiger partial charge in [0.05, 0.1) is 5.92 Å². The molecule has 1 saturated heterocycles. The van der Waals surface area contributed by atoms with Crippen molar-refractivity contribution >= 4 is 11.9 Å². The second kappa shape index (κ2) is 9.82. The number of carbonyl (C=O) groups excluding carboxylic acids is 1. The quantitative estimate of drug-likeness (QED) is 0.624. The van der Waals surface area contributed by atoms with Crippen molar-refractivity contribution in [2.45, 2.75) is 43.8 Å². The van der Waals surface area contributed by atoms with Gasteiger partial charge in [-0.05, 0) is 48.1 Å². The van der Waals surface area contributed by atoms with Crippen LogP contribution in [0.1, 0.15) is 41.0 Å². The van der Waals surface area contributed by atoms with Crippen molar-refractivity contribution in [2.24, 2.45) is 0 Å². The van der Waals surface area contributed by atoms with Crippen LogP contribution in [-0.2, 0) is 22.6 Å². The van der Waals surface area contributed by atoms with E-state index in [1.54, 1.807) is 4.90 Å². The number of hydrogen-bond donors (Lipinski definition) is 1. The number of aliphatic carboxylic acids is 1. The number of aryl methyl sites for hydroxylation is 1. The van der Waals surface area contributed by atoms with Gasteiger partial charge >= 0.3 is 5.97 Å². The summed E-state index contributed by atoms with van der Waals surface area (Å²) < 4.78 is 0. The van der Waals surface area contributed by atoms with Crippen LogP contribution in [0.15, 0.2) is 84.9 Å². The summed E-state index contributed by atoms with van der Waals surface area (Å²) in [4.78, 5) is 30.3. The molecule has 0 spiro atoms. The van der Waals surface area contributed by atoms with Crippen LogP contribution in [0.25, 0.3) is 0 Å². The Labute approximate surface area is 200 Å². The van der Waals surface area contributed by atoms with E-state index in [0.717, 1.165) is 37.1 Å². The van der Waals surface area contributed by atoms with Crippen molar-refractivity contribution < 1.29 is 14.7 Å². The Hall–Kier alpha value is -3.44. The van der Waals surface area contributed by atoms with E-state index in [1.165, 1.54) is 11.1 Å². The van der Waals surface area contributed by atoms with E-state index in [0.29, 0.717) is 13.0 Å². The summed E-state index contributed by atoms with van der Waals surface area (Å²) in [7, 11) is 0. The second-order valence-electron chi connectivity index (χ2n) is 9.33. The molecule has 2 heterocycles. The number of carbonyl (C=O) groups is 2. The van der Waals surface area contributed by atoms with Gasteiger partial charge in [0.1, 0.15) is 6.04 Å². The number of fused-ring (bicyclic) bond motifs is 1. The zero-order chi connectivity index (χ0) is 23.5. The van der Waals surface area contributed by atoms with Gasteiger partial charge in [-0.3, -0.25) is 9.69 Å². The van der Waals surface area contributed by atoms with Crippen LogP contribution >= 0.6 is 0 Å². The first kappa shape index (κ1) is 22.4. The van der Waals surface area contributed by atoms with Gasteiger partial charge in [0.2, 0.25) is 5.91 Å². The lowest BCUT2D eigenvalue weighted by atomic mass is 9.90. The molecule has 1 fully saturated rings. The molecule has 3 aromatic rings. The maximum absolute atomic E-state index is 14.0. The maximum Gasteiger partial charge on any atom is 0.326 e. The number of carboxylic acid groups (broad SMARTS) is 1. The smallest absolute Gasteiger partial charge is 0.326 e. The molecule has 0 unspecified atom stereocenters. The van der Waals surface area contributed by atoms with Gasteiger partial charge in [0.15, 0.2) is 0 Å². The number of likely N-dealkylation sites (tertiary alicyclic amines) is 1. The minimum absolute atomic E-state index is 0.0309. The lowest BCUT2D eigenvalue weighted by Crippen LogP contribution is -2.44. The highest BCUT2D eigenvalue weighted by Crippen LogP contribution is 2.33. The van der Waals surface area contributed by atoms with Crippen LogP contribution in [0.4, 0.5) is 0 Å². The zero-order valence-electron chi connectivity index (χ0n) is 19.2. The molecule has 34 heavy (non-hydrogen) atoms. The van der Waals surface area contributed by atoms with Crippen molar-refractivity contribution in [1.82, 2.24) is 9.80 Å². The number of benzene rings is 3. The molecule has 1 amide bonds. The van der Waals surface area contributed by atoms with Crippen LogP contribution in [0, 0.1) is 0 Å². The Morgan fingerprint density at radius 1 is 0.824 bits per heavy atom. The van der Waals surface area contributed by atoms with Gasteiger partial charge < -0.3 is 10.0 Å². The van der Waals surface area contributed by atoms with Crippen molar-refractivity contribution in [3.05, 3.63) is 107 Å². The molecule has 2 aliphatic heterocycles. The average molecular weight is 455 g/mol. The predicted octanol–water partition coefficient (Wildman–Crippen LogP) is 4.32. The van der Waals surface area contributed by atoms with E-state index in [-0.39, 0.29) is 11.9 Å². The first-order valence-electron chi connectivity index (χ1n) is 12.1. The Balaban J connectivity index is 1.43. The van der Waals surface area contributed by atoms with Crippen molar-refractivity contribution in [3.8, 4) is 0 Å². The first-order valence-corrected chi connectivity index (χ1v) is 12.1. The second-order valence-corrected chi connectivity index (χ2v) is 9.33. The van der Waals surface area contributed by atoms with Crippen LogP contribution in [0.5, 0.6) is 0 Å². The molecule has 174 valence electrons. The lowest BCUT2D eigenvalue weighted by molar-refractivity contribution is -0.148. The van der Waals surface area contributed by atoms with Gasteiger partial charge in [0, 0.05) is 19.1 Å². The fourth-order valence-corrected chi connectivity index (χ4v) is 5.53. The molecule has 5 rings (SSSR count). The van der Waals surface area contributed by atoms with E-state index in [4.69, 9.17) is 0 Å². The SMILES string of the molecule is O=C(O)[C@@H]1C[C@H](N2CCCc3ccccc3C2)CN1C(=O)C(c1ccccc1)c1ccccc1. The third-order valence-corrected chi connectivity index (χ3v) is 7.26. The summed E-state index contributed by atoms with van der Waals surface area (Å²) in [5, 5.41) is 10.1. The van der Waals surface area contributed by atoms with E-state index in [1.807, 2.05) is 60.7 Å². The Morgan fingerprint density at radius 3 is 2.03 bits per heavy atom. The predicted molar refractivity (Wildman–Crippen MR) is 131 cm³/mol. The van der Waals surface area contributed by atoms with Crippen LogP contribution < -0.4 is 0 Å². The molecular weight excluding hydrogens is 424 g/mol. The summed E-state index contributed by atoms with van der Waals surface area (Å²) in [6, 6.07) is 27.1. The third-order valence-electron chi connectivity index (χ3n) is 7.26. The highest BCUT2D eigenvalue weighted by Gasteiger charge is 2.44. The van der Waals surface area contributed by atoms with Crippen LogP contribution in [-0.4, -0.2) is 52.0 Å². The summed E-state index contributed by atoms with van der Waals surface area (Å²) in [6.07, 6.45) is 2.53. The van der Waals surface area contributed by atoms with Gasteiger partial charge in [-0.2, -0.15) is 0 Å². The number of amides is 1. The summed E-state index contributed by atoms with van der Waals surface area (Å²) in [5.74, 6) is -1.58. The number of carboxylic acids is 1. The minimum Gasteiger partial charge on any atom is -0.480 e. The Bertz CT molecular complexity index is 1110. The van der Waals surface area contributed by atoms with E-state index >= 15 is 0 Å².